The van der Waals surface area contributed by atoms with Crippen molar-refractivity contribution in [1.29, 1.82) is 0 Å². The Balaban J connectivity index is 1.88. The number of carboxylic acids is 1. The third-order valence-electron chi connectivity index (χ3n) is 4.24. The molecule has 0 bridgehead atoms. The molecule has 2 atom stereocenters. The molecule has 0 aromatic heterocycles. The number of nitrogens with zero attached hydrogens (tertiary/aromatic N) is 1. The maximum absolute atomic E-state index is 12.0. The fraction of sp³-hybridized carbons (Fsp3) is 0.467. The van der Waals surface area contributed by atoms with Crippen LogP contribution in [0.25, 0.3) is 0 Å². The van der Waals surface area contributed by atoms with Crippen molar-refractivity contribution in [2.75, 3.05) is 13.1 Å². The molecule has 1 aromatic carbocycles. The van der Waals surface area contributed by atoms with Crippen molar-refractivity contribution in [3.8, 4) is 0 Å². The first-order valence-electron chi connectivity index (χ1n) is 7.00. The smallest absolute Gasteiger partial charge is 0.305 e. The summed E-state index contributed by atoms with van der Waals surface area (Å²) in [6.45, 7) is 1.30. The van der Waals surface area contributed by atoms with Gasteiger partial charge >= 0.3 is 5.97 Å². The molecule has 2 aliphatic rings. The van der Waals surface area contributed by atoms with Crippen LogP contribution in [0, 0.1) is 0 Å². The highest BCUT2D eigenvalue weighted by molar-refractivity contribution is 5.86. The zero-order chi connectivity index (χ0) is 14.1. The van der Waals surface area contributed by atoms with Crippen LogP contribution in [0.4, 0.5) is 0 Å². The molecule has 1 amide bonds. The van der Waals surface area contributed by atoms with Crippen molar-refractivity contribution in [2.45, 2.75) is 31.3 Å². The Hall–Kier alpha value is -1.88. The molecule has 1 aliphatic heterocycles. The number of amides is 1. The van der Waals surface area contributed by atoms with Gasteiger partial charge in [-0.15, -0.1) is 0 Å². The molecule has 1 aliphatic carbocycles. The van der Waals surface area contributed by atoms with Crippen LogP contribution in [0.1, 0.15) is 30.0 Å². The SMILES string of the molecule is O=C(O)CC1C(=O)NCCN1C1CCc2ccccc21. The van der Waals surface area contributed by atoms with Gasteiger partial charge in [-0.05, 0) is 24.0 Å². The minimum absolute atomic E-state index is 0.134. The molecule has 1 fully saturated rings. The molecule has 20 heavy (non-hydrogen) atoms. The number of benzene rings is 1. The van der Waals surface area contributed by atoms with Crippen molar-refractivity contribution >= 4 is 11.9 Å². The standard InChI is InChI=1S/C15H18N2O3/c18-14(19)9-13-15(20)16-7-8-17(13)12-6-5-10-3-1-2-4-11(10)12/h1-4,12-13H,5-9H2,(H,16,20)(H,18,19). The molecule has 2 unspecified atom stereocenters. The second-order valence-corrected chi connectivity index (χ2v) is 5.40. The van der Waals surface area contributed by atoms with E-state index in [1.54, 1.807) is 0 Å². The molecule has 1 aromatic rings. The monoisotopic (exact) mass is 274 g/mol. The normalized spacial score (nSPS) is 26.1. The Morgan fingerprint density at radius 1 is 1.40 bits per heavy atom. The van der Waals surface area contributed by atoms with E-state index in [4.69, 9.17) is 5.11 Å². The van der Waals surface area contributed by atoms with Crippen LogP contribution in [-0.2, 0) is 16.0 Å². The lowest BCUT2D eigenvalue weighted by atomic mass is 10.0. The third-order valence-corrected chi connectivity index (χ3v) is 4.24. The van der Waals surface area contributed by atoms with Gasteiger partial charge in [0.1, 0.15) is 6.04 Å². The summed E-state index contributed by atoms with van der Waals surface area (Å²) in [5.41, 5.74) is 2.56. The zero-order valence-electron chi connectivity index (χ0n) is 11.2. The number of carbonyl (C=O) groups excluding carboxylic acids is 1. The fourth-order valence-corrected chi connectivity index (χ4v) is 3.36. The number of hydrogen-bond acceptors (Lipinski definition) is 3. The van der Waals surface area contributed by atoms with Gasteiger partial charge in [-0.1, -0.05) is 24.3 Å². The lowest BCUT2D eigenvalue weighted by Crippen LogP contribution is -2.56. The molecule has 3 rings (SSSR count). The topological polar surface area (TPSA) is 69.6 Å². The lowest BCUT2D eigenvalue weighted by Gasteiger charge is -2.38. The number of rotatable bonds is 3. The summed E-state index contributed by atoms with van der Waals surface area (Å²) >= 11 is 0. The summed E-state index contributed by atoms with van der Waals surface area (Å²) in [5.74, 6) is -1.09. The van der Waals surface area contributed by atoms with E-state index in [-0.39, 0.29) is 18.4 Å². The predicted molar refractivity (Wildman–Crippen MR) is 73.3 cm³/mol. The minimum atomic E-state index is -0.927. The molecule has 1 saturated heterocycles. The van der Waals surface area contributed by atoms with Crippen LogP contribution in [0.3, 0.4) is 0 Å². The number of aryl methyl sites for hydroxylation is 1. The quantitative estimate of drug-likeness (QED) is 0.861. The highest BCUT2D eigenvalue weighted by Gasteiger charge is 2.38. The zero-order valence-corrected chi connectivity index (χ0v) is 11.2. The van der Waals surface area contributed by atoms with E-state index in [9.17, 15) is 9.59 Å². The van der Waals surface area contributed by atoms with Gasteiger partial charge < -0.3 is 10.4 Å². The van der Waals surface area contributed by atoms with E-state index in [1.165, 1.54) is 11.1 Å². The summed E-state index contributed by atoms with van der Waals surface area (Å²) in [7, 11) is 0. The highest BCUT2D eigenvalue weighted by atomic mass is 16.4. The molecule has 0 saturated carbocycles. The van der Waals surface area contributed by atoms with Crippen LogP contribution < -0.4 is 5.32 Å². The maximum Gasteiger partial charge on any atom is 0.305 e. The number of hydrogen-bond donors (Lipinski definition) is 2. The molecule has 2 N–H and O–H groups in total. The summed E-state index contributed by atoms with van der Waals surface area (Å²) < 4.78 is 0. The third kappa shape index (κ3) is 2.29. The van der Waals surface area contributed by atoms with Crippen LogP contribution in [0.5, 0.6) is 0 Å². The maximum atomic E-state index is 12.0. The first kappa shape index (κ1) is 13.1. The van der Waals surface area contributed by atoms with E-state index in [0.29, 0.717) is 13.1 Å². The molecule has 1 heterocycles. The number of aliphatic carboxylic acids is 1. The summed E-state index contributed by atoms with van der Waals surface area (Å²) in [6, 6.07) is 7.86. The number of nitrogens with one attached hydrogen (secondary N) is 1. The molecule has 0 radical (unpaired) electrons. The van der Waals surface area contributed by atoms with E-state index in [0.717, 1.165) is 12.8 Å². The first-order valence-corrected chi connectivity index (χ1v) is 7.00. The minimum Gasteiger partial charge on any atom is -0.481 e. The molecule has 106 valence electrons. The lowest BCUT2D eigenvalue weighted by molar-refractivity contribution is -0.144. The molecule has 0 spiro atoms. The van der Waals surface area contributed by atoms with Gasteiger partial charge in [-0.25, -0.2) is 0 Å². The van der Waals surface area contributed by atoms with Gasteiger partial charge in [-0.2, -0.15) is 0 Å². The second kappa shape index (κ2) is 5.25. The molecular formula is C15H18N2O3. The number of carbonyl (C=O) groups is 2. The average molecular weight is 274 g/mol. The van der Waals surface area contributed by atoms with Crippen molar-refractivity contribution < 1.29 is 14.7 Å². The van der Waals surface area contributed by atoms with E-state index < -0.39 is 12.0 Å². The first-order chi connectivity index (χ1) is 9.66. The predicted octanol–water partition coefficient (Wildman–Crippen LogP) is 0.949. The summed E-state index contributed by atoms with van der Waals surface area (Å²) in [5, 5.41) is 11.8. The van der Waals surface area contributed by atoms with Gasteiger partial charge in [0, 0.05) is 19.1 Å². The largest absolute Gasteiger partial charge is 0.481 e. The van der Waals surface area contributed by atoms with Crippen LogP contribution in [-0.4, -0.2) is 41.0 Å². The van der Waals surface area contributed by atoms with Gasteiger partial charge in [0.05, 0.1) is 6.42 Å². The molecular weight excluding hydrogens is 256 g/mol. The Labute approximate surface area is 117 Å². The van der Waals surface area contributed by atoms with Crippen LogP contribution >= 0.6 is 0 Å². The Morgan fingerprint density at radius 3 is 3.00 bits per heavy atom. The van der Waals surface area contributed by atoms with Gasteiger partial charge in [-0.3, -0.25) is 14.5 Å². The summed E-state index contributed by atoms with van der Waals surface area (Å²) in [4.78, 5) is 25.1. The van der Waals surface area contributed by atoms with Crippen LogP contribution in [0.2, 0.25) is 0 Å². The van der Waals surface area contributed by atoms with Crippen molar-refractivity contribution in [3.05, 3.63) is 35.4 Å². The second-order valence-electron chi connectivity index (χ2n) is 5.40. The van der Waals surface area contributed by atoms with Crippen molar-refractivity contribution in [2.24, 2.45) is 0 Å². The van der Waals surface area contributed by atoms with Gasteiger partial charge in [0.2, 0.25) is 5.91 Å². The Morgan fingerprint density at radius 2 is 2.20 bits per heavy atom. The van der Waals surface area contributed by atoms with Gasteiger partial charge in [0.25, 0.3) is 0 Å². The number of carboxylic acid groups (broad SMARTS) is 1. The Kier molecular flexibility index (Phi) is 3.44. The summed E-state index contributed by atoms with van der Waals surface area (Å²) in [6.07, 6.45) is 1.83. The van der Waals surface area contributed by atoms with Crippen LogP contribution in [0.15, 0.2) is 24.3 Å². The van der Waals surface area contributed by atoms with E-state index in [2.05, 4.69) is 22.3 Å². The van der Waals surface area contributed by atoms with E-state index >= 15 is 0 Å². The Bertz CT molecular complexity index is 544. The number of fused-ring (bicyclic) bond motifs is 1. The highest BCUT2D eigenvalue weighted by Crippen LogP contribution is 2.37. The molecule has 5 nitrogen and oxygen atoms in total. The molecule has 5 heteroatoms. The number of piperazine rings is 1. The average Bonchev–Trinajstić information content (AvgIpc) is 2.84. The van der Waals surface area contributed by atoms with Crippen molar-refractivity contribution in [3.63, 3.8) is 0 Å². The van der Waals surface area contributed by atoms with Gasteiger partial charge in [0.15, 0.2) is 0 Å². The van der Waals surface area contributed by atoms with Crippen molar-refractivity contribution in [1.82, 2.24) is 10.2 Å². The fourth-order valence-electron chi connectivity index (χ4n) is 3.36. The van der Waals surface area contributed by atoms with E-state index in [1.807, 2.05) is 12.1 Å².